The minimum Gasteiger partial charge on any atom is -0.497 e. The summed E-state index contributed by atoms with van der Waals surface area (Å²) in [5, 5.41) is 12.6. The molecule has 2 heterocycles. The van der Waals surface area contributed by atoms with Gasteiger partial charge in [-0.3, -0.25) is 14.5 Å². The van der Waals surface area contributed by atoms with Gasteiger partial charge in [-0.15, -0.1) is 0 Å². The number of amides is 2. The van der Waals surface area contributed by atoms with E-state index in [1.165, 1.54) is 6.07 Å². The van der Waals surface area contributed by atoms with Gasteiger partial charge < -0.3 is 29.7 Å². The van der Waals surface area contributed by atoms with Gasteiger partial charge in [0.2, 0.25) is 5.91 Å². The first kappa shape index (κ1) is 24.5. The summed E-state index contributed by atoms with van der Waals surface area (Å²) in [5.74, 6) is -0.657. The molecule has 0 saturated carbocycles. The maximum Gasteiger partial charge on any atom is 0.337 e. The van der Waals surface area contributed by atoms with Gasteiger partial charge in [-0.2, -0.15) is 0 Å². The Morgan fingerprint density at radius 2 is 1.66 bits per heavy atom. The monoisotopic (exact) mass is 482 g/mol. The number of ether oxygens (including phenoxy) is 2. The zero-order chi connectivity index (χ0) is 24.8. The summed E-state index contributed by atoms with van der Waals surface area (Å²) in [6, 6.07) is 11.6. The third-order valence-corrected chi connectivity index (χ3v) is 6.27. The van der Waals surface area contributed by atoms with Crippen LogP contribution in [0.1, 0.15) is 20.7 Å². The fraction of sp³-hybridized carbons (Fsp3) is 0.400. The van der Waals surface area contributed by atoms with Gasteiger partial charge in [0, 0.05) is 50.5 Å². The van der Waals surface area contributed by atoms with Crippen molar-refractivity contribution in [3.05, 3.63) is 53.6 Å². The molecule has 2 N–H and O–H groups in total. The van der Waals surface area contributed by atoms with Crippen molar-refractivity contribution < 1.29 is 29.0 Å². The Labute approximate surface area is 204 Å². The number of carbonyl (C=O) groups excluding carboxylic acids is 2. The lowest BCUT2D eigenvalue weighted by atomic mass is 10.1. The van der Waals surface area contributed by atoms with Crippen LogP contribution in [0.4, 0.5) is 11.4 Å². The average Bonchev–Trinajstić information content (AvgIpc) is 2.89. The van der Waals surface area contributed by atoms with Crippen molar-refractivity contribution >= 4 is 29.2 Å². The first-order valence-corrected chi connectivity index (χ1v) is 11.6. The normalized spacial score (nSPS) is 16.6. The number of hydrogen-bond donors (Lipinski definition) is 2. The molecule has 0 spiro atoms. The lowest BCUT2D eigenvalue weighted by Crippen LogP contribution is -2.51. The van der Waals surface area contributed by atoms with Crippen LogP contribution in [0.2, 0.25) is 0 Å². The summed E-state index contributed by atoms with van der Waals surface area (Å²) in [5.41, 5.74) is 1.56. The van der Waals surface area contributed by atoms with Crippen molar-refractivity contribution in [2.75, 3.05) is 76.4 Å². The van der Waals surface area contributed by atoms with Crippen LogP contribution in [0.25, 0.3) is 0 Å². The molecule has 0 radical (unpaired) electrons. The van der Waals surface area contributed by atoms with Gasteiger partial charge in [0.25, 0.3) is 5.91 Å². The number of aromatic carboxylic acids is 1. The van der Waals surface area contributed by atoms with Crippen LogP contribution in [-0.2, 0) is 9.53 Å². The van der Waals surface area contributed by atoms with Gasteiger partial charge in [0.05, 0.1) is 38.1 Å². The zero-order valence-electron chi connectivity index (χ0n) is 19.7. The van der Waals surface area contributed by atoms with E-state index in [4.69, 9.17) is 9.47 Å². The van der Waals surface area contributed by atoms with Crippen LogP contribution in [-0.4, -0.2) is 98.8 Å². The van der Waals surface area contributed by atoms with Gasteiger partial charge in [0.1, 0.15) is 5.75 Å². The highest BCUT2D eigenvalue weighted by Gasteiger charge is 2.25. The van der Waals surface area contributed by atoms with E-state index in [1.54, 1.807) is 43.5 Å². The Hall–Kier alpha value is -3.63. The molecule has 2 aliphatic rings. The van der Waals surface area contributed by atoms with Crippen molar-refractivity contribution in [2.45, 2.75) is 0 Å². The maximum absolute atomic E-state index is 12.6. The third-order valence-electron chi connectivity index (χ3n) is 6.27. The molecule has 0 bridgehead atoms. The molecule has 0 aliphatic carbocycles. The highest BCUT2D eigenvalue weighted by atomic mass is 16.5. The highest BCUT2D eigenvalue weighted by molar-refractivity contribution is 6.05. The molecule has 0 unspecified atom stereocenters. The molecule has 10 heteroatoms. The number of anilines is 2. The molecule has 0 aromatic heterocycles. The molecule has 0 atom stereocenters. The molecule has 186 valence electrons. The van der Waals surface area contributed by atoms with Crippen LogP contribution in [0, 0.1) is 0 Å². The summed E-state index contributed by atoms with van der Waals surface area (Å²) in [4.78, 5) is 43.0. The standard InChI is InChI=1S/C25H30N4O6/c1-34-20-5-2-18(3-6-20)24(31)26-19-4-7-22(21(16-19)25(32)33)28-10-8-27(9-11-28)17-23(30)29-12-14-35-15-13-29/h2-7,16H,8-15,17H2,1H3,(H,26,31)(H,32,33). The first-order chi connectivity index (χ1) is 16.9. The van der Waals surface area contributed by atoms with Crippen LogP contribution >= 0.6 is 0 Å². The van der Waals surface area contributed by atoms with E-state index in [-0.39, 0.29) is 17.4 Å². The van der Waals surface area contributed by atoms with E-state index in [1.807, 2.05) is 9.80 Å². The zero-order valence-corrected chi connectivity index (χ0v) is 19.7. The number of nitrogens with one attached hydrogen (secondary N) is 1. The molecule has 2 saturated heterocycles. The van der Waals surface area contributed by atoms with Crippen LogP contribution in [0.15, 0.2) is 42.5 Å². The number of nitrogens with zero attached hydrogens (tertiary/aromatic N) is 3. The number of carboxylic acid groups (broad SMARTS) is 1. The summed E-state index contributed by atoms with van der Waals surface area (Å²) >= 11 is 0. The van der Waals surface area contributed by atoms with Gasteiger partial charge >= 0.3 is 5.97 Å². The number of hydrogen-bond acceptors (Lipinski definition) is 7. The van der Waals surface area contributed by atoms with E-state index in [0.29, 0.717) is 81.7 Å². The van der Waals surface area contributed by atoms with Crippen molar-refractivity contribution in [3.63, 3.8) is 0 Å². The predicted molar refractivity (Wildman–Crippen MR) is 130 cm³/mol. The van der Waals surface area contributed by atoms with E-state index < -0.39 is 5.97 Å². The van der Waals surface area contributed by atoms with E-state index in [2.05, 4.69) is 10.2 Å². The highest BCUT2D eigenvalue weighted by Crippen LogP contribution is 2.26. The largest absolute Gasteiger partial charge is 0.497 e. The maximum atomic E-state index is 12.6. The van der Waals surface area contributed by atoms with E-state index >= 15 is 0 Å². The Morgan fingerprint density at radius 1 is 0.971 bits per heavy atom. The van der Waals surface area contributed by atoms with Crippen molar-refractivity contribution in [2.24, 2.45) is 0 Å². The molecule has 4 rings (SSSR count). The molecule has 2 aliphatic heterocycles. The SMILES string of the molecule is COc1ccc(C(=O)Nc2ccc(N3CCN(CC(=O)N4CCOCC4)CC3)c(C(=O)O)c2)cc1. The number of methoxy groups -OCH3 is 1. The van der Waals surface area contributed by atoms with Gasteiger partial charge in [-0.1, -0.05) is 0 Å². The second-order valence-corrected chi connectivity index (χ2v) is 8.48. The molecular formula is C25H30N4O6. The smallest absolute Gasteiger partial charge is 0.337 e. The number of morpholine rings is 1. The number of carboxylic acids is 1. The van der Waals surface area contributed by atoms with Crippen LogP contribution < -0.4 is 15.0 Å². The summed E-state index contributed by atoms with van der Waals surface area (Å²) in [6.45, 7) is 5.29. The second kappa shape index (κ2) is 11.2. The molecule has 10 nitrogen and oxygen atoms in total. The topological polar surface area (TPSA) is 112 Å². The van der Waals surface area contributed by atoms with Gasteiger partial charge in [-0.25, -0.2) is 4.79 Å². The van der Waals surface area contributed by atoms with E-state index in [9.17, 15) is 19.5 Å². The minimum absolute atomic E-state index is 0.102. The molecular weight excluding hydrogens is 452 g/mol. The number of piperazine rings is 1. The lowest BCUT2D eigenvalue weighted by molar-refractivity contribution is -0.136. The number of carbonyl (C=O) groups is 3. The molecule has 2 aromatic rings. The summed E-state index contributed by atoms with van der Waals surface area (Å²) in [7, 11) is 1.55. The average molecular weight is 483 g/mol. The minimum atomic E-state index is -1.06. The fourth-order valence-electron chi connectivity index (χ4n) is 4.26. The molecule has 2 aromatic carbocycles. The Kier molecular flexibility index (Phi) is 7.84. The first-order valence-electron chi connectivity index (χ1n) is 11.6. The van der Waals surface area contributed by atoms with Crippen molar-refractivity contribution in [1.29, 1.82) is 0 Å². The fourth-order valence-corrected chi connectivity index (χ4v) is 4.26. The lowest BCUT2D eigenvalue weighted by Gasteiger charge is -2.37. The van der Waals surface area contributed by atoms with Crippen molar-refractivity contribution in [3.8, 4) is 5.75 Å². The summed E-state index contributed by atoms with van der Waals surface area (Å²) in [6.07, 6.45) is 0. The van der Waals surface area contributed by atoms with Crippen molar-refractivity contribution in [1.82, 2.24) is 9.80 Å². The Morgan fingerprint density at radius 3 is 2.29 bits per heavy atom. The van der Waals surface area contributed by atoms with E-state index in [0.717, 1.165) is 0 Å². The molecule has 2 amide bonds. The Balaban J connectivity index is 1.37. The summed E-state index contributed by atoms with van der Waals surface area (Å²) < 4.78 is 10.4. The third kappa shape index (κ3) is 6.09. The molecule has 2 fully saturated rings. The van der Waals surface area contributed by atoms with Gasteiger partial charge in [-0.05, 0) is 42.5 Å². The van der Waals surface area contributed by atoms with Crippen LogP contribution in [0.3, 0.4) is 0 Å². The number of benzene rings is 2. The molecule has 35 heavy (non-hydrogen) atoms. The second-order valence-electron chi connectivity index (χ2n) is 8.48. The number of rotatable bonds is 7. The predicted octanol–water partition coefficient (Wildman–Crippen LogP) is 1.63. The van der Waals surface area contributed by atoms with Crippen LogP contribution in [0.5, 0.6) is 5.75 Å². The quantitative estimate of drug-likeness (QED) is 0.613. The Bertz CT molecular complexity index is 1060. The van der Waals surface area contributed by atoms with Gasteiger partial charge in [0.15, 0.2) is 0 Å².